The fourth-order valence-corrected chi connectivity index (χ4v) is 2.60. The molecule has 0 fully saturated rings. The van der Waals surface area contributed by atoms with Crippen molar-refractivity contribution in [1.29, 1.82) is 0 Å². The van der Waals surface area contributed by atoms with Gasteiger partial charge in [-0.25, -0.2) is 0 Å². The Morgan fingerprint density at radius 2 is 2.05 bits per heavy atom. The molecule has 4 nitrogen and oxygen atoms in total. The van der Waals surface area contributed by atoms with Crippen molar-refractivity contribution in [3.8, 4) is 0 Å². The lowest BCUT2D eigenvalue weighted by Gasteiger charge is -2.15. The highest BCUT2D eigenvalue weighted by molar-refractivity contribution is 7.99. The molecule has 1 aromatic carbocycles. The van der Waals surface area contributed by atoms with Crippen LogP contribution in [-0.2, 0) is 5.75 Å². The van der Waals surface area contributed by atoms with Gasteiger partial charge in [-0.1, -0.05) is 26.8 Å². The van der Waals surface area contributed by atoms with E-state index < -0.39 is 0 Å². The lowest BCUT2D eigenvalue weighted by molar-refractivity contribution is -0.384. The molecule has 0 heterocycles. The Labute approximate surface area is 119 Å². The molecule has 1 unspecified atom stereocenters. The van der Waals surface area contributed by atoms with Crippen molar-refractivity contribution >= 4 is 23.1 Å². The van der Waals surface area contributed by atoms with Crippen LogP contribution in [0, 0.1) is 16.0 Å². The van der Waals surface area contributed by atoms with Gasteiger partial charge in [0.15, 0.2) is 0 Å². The molecule has 1 N–H and O–H groups in total. The van der Waals surface area contributed by atoms with Crippen molar-refractivity contribution in [3.05, 3.63) is 33.9 Å². The molecule has 0 radical (unpaired) electrons. The summed E-state index contributed by atoms with van der Waals surface area (Å²) in [6.07, 6.45) is 0. The molecule has 0 aliphatic rings. The van der Waals surface area contributed by atoms with Crippen LogP contribution in [0.5, 0.6) is 0 Å². The van der Waals surface area contributed by atoms with E-state index in [2.05, 4.69) is 26.1 Å². The molecule has 0 spiro atoms. The minimum absolute atomic E-state index is 0.164. The Morgan fingerprint density at radius 1 is 1.37 bits per heavy atom. The van der Waals surface area contributed by atoms with Gasteiger partial charge in [-0.15, -0.1) is 0 Å². The van der Waals surface area contributed by atoms with Gasteiger partial charge >= 0.3 is 0 Å². The Bertz CT molecular complexity index is 435. The van der Waals surface area contributed by atoms with Crippen molar-refractivity contribution in [2.75, 3.05) is 11.9 Å². The average molecular weight is 282 g/mol. The maximum Gasteiger partial charge on any atom is 0.292 e. The van der Waals surface area contributed by atoms with Gasteiger partial charge in [0.1, 0.15) is 5.69 Å². The topological polar surface area (TPSA) is 55.2 Å². The third kappa shape index (κ3) is 4.74. The lowest BCUT2D eigenvalue weighted by Crippen LogP contribution is -2.06. The number of rotatable bonds is 7. The molecule has 0 bridgehead atoms. The maximum atomic E-state index is 11.1. The van der Waals surface area contributed by atoms with Crippen molar-refractivity contribution in [2.45, 2.75) is 38.7 Å². The molecule has 0 aliphatic heterocycles. The normalized spacial score (nSPS) is 12.5. The van der Waals surface area contributed by atoms with Gasteiger partial charge < -0.3 is 5.32 Å². The number of hydrogen-bond donors (Lipinski definition) is 1. The van der Waals surface area contributed by atoms with E-state index in [1.807, 2.05) is 24.8 Å². The standard InChI is InChI=1S/C14H22N2O2S/c1-5-15-13-7-6-12(8-14(13)16(17)18)9-19-11(4)10(2)3/h6-8,10-11,15H,5,9H2,1-4H3. The smallest absolute Gasteiger partial charge is 0.292 e. The summed E-state index contributed by atoms with van der Waals surface area (Å²) in [6, 6.07) is 5.45. The Hall–Kier alpha value is -1.23. The summed E-state index contributed by atoms with van der Waals surface area (Å²) in [7, 11) is 0. The second kappa shape index (κ2) is 7.38. The van der Waals surface area contributed by atoms with E-state index in [1.54, 1.807) is 12.1 Å². The third-order valence-corrected chi connectivity index (χ3v) is 4.65. The summed E-state index contributed by atoms with van der Waals surface area (Å²) in [4.78, 5) is 10.7. The average Bonchev–Trinajstić information content (AvgIpc) is 2.37. The summed E-state index contributed by atoms with van der Waals surface area (Å²) in [5.74, 6) is 1.42. The Morgan fingerprint density at radius 3 is 2.58 bits per heavy atom. The van der Waals surface area contributed by atoms with Crippen molar-refractivity contribution in [3.63, 3.8) is 0 Å². The number of benzene rings is 1. The number of nitrogens with one attached hydrogen (secondary N) is 1. The number of nitro groups is 1. The van der Waals surface area contributed by atoms with Gasteiger partial charge in [0.2, 0.25) is 0 Å². The first kappa shape index (κ1) is 15.8. The molecule has 19 heavy (non-hydrogen) atoms. The van der Waals surface area contributed by atoms with E-state index in [1.165, 1.54) is 0 Å². The first-order valence-electron chi connectivity index (χ1n) is 6.58. The Kier molecular flexibility index (Phi) is 6.15. The van der Waals surface area contributed by atoms with Gasteiger partial charge in [-0.2, -0.15) is 11.8 Å². The predicted octanol–water partition coefficient (Wildman–Crippen LogP) is 4.30. The molecule has 0 aliphatic carbocycles. The largest absolute Gasteiger partial charge is 0.380 e. The molecule has 0 aromatic heterocycles. The van der Waals surface area contributed by atoms with E-state index >= 15 is 0 Å². The highest BCUT2D eigenvalue weighted by Gasteiger charge is 2.15. The van der Waals surface area contributed by atoms with Crippen LogP contribution >= 0.6 is 11.8 Å². The number of nitrogens with zero attached hydrogens (tertiary/aromatic N) is 1. The summed E-state index contributed by atoms with van der Waals surface area (Å²) in [5.41, 5.74) is 1.76. The maximum absolute atomic E-state index is 11.1. The zero-order chi connectivity index (χ0) is 14.4. The van der Waals surface area contributed by atoms with Crippen LogP contribution in [0.15, 0.2) is 18.2 Å². The number of anilines is 1. The quantitative estimate of drug-likeness (QED) is 0.598. The lowest BCUT2D eigenvalue weighted by atomic mass is 10.1. The van der Waals surface area contributed by atoms with E-state index in [9.17, 15) is 10.1 Å². The van der Waals surface area contributed by atoms with E-state index in [0.29, 0.717) is 23.4 Å². The summed E-state index contributed by atoms with van der Waals surface area (Å²) in [5, 5.41) is 14.6. The van der Waals surface area contributed by atoms with E-state index in [4.69, 9.17) is 0 Å². The molecule has 1 aromatic rings. The molecule has 0 saturated carbocycles. The minimum atomic E-state index is -0.321. The molecule has 5 heteroatoms. The SMILES string of the molecule is CCNc1ccc(CSC(C)C(C)C)cc1[N+](=O)[O-]. The molecule has 106 valence electrons. The number of thioether (sulfide) groups is 1. The number of hydrogen-bond acceptors (Lipinski definition) is 4. The first-order chi connectivity index (χ1) is 8.95. The van der Waals surface area contributed by atoms with Crippen LogP contribution in [0.3, 0.4) is 0 Å². The van der Waals surface area contributed by atoms with Crippen molar-refractivity contribution in [2.24, 2.45) is 5.92 Å². The summed E-state index contributed by atoms with van der Waals surface area (Å²) >= 11 is 1.83. The van der Waals surface area contributed by atoms with E-state index in [0.717, 1.165) is 11.3 Å². The van der Waals surface area contributed by atoms with Crippen LogP contribution in [0.4, 0.5) is 11.4 Å². The second-order valence-corrected chi connectivity index (χ2v) is 6.26. The molecule has 0 saturated heterocycles. The highest BCUT2D eigenvalue weighted by Crippen LogP contribution is 2.29. The van der Waals surface area contributed by atoms with E-state index in [-0.39, 0.29) is 10.6 Å². The third-order valence-electron chi connectivity index (χ3n) is 3.08. The molecule has 0 amide bonds. The van der Waals surface area contributed by atoms with Gasteiger partial charge in [0.25, 0.3) is 5.69 Å². The fraction of sp³-hybridized carbons (Fsp3) is 0.571. The van der Waals surface area contributed by atoms with Crippen LogP contribution in [-0.4, -0.2) is 16.7 Å². The van der Waals surface area contributed by atoms with Crippen LogP contribution in [0.25, 0.3) is 0 Å². The molecule has 1 atom stereocenters. The van der Waals surface area contributed by atoms with Gasteiger partial charge in [-0.3, -0.25) is 10.1 Å². The van der Waals surface area contributed by atoms with Gasteiger partial charge in [0.05, 0.1) is 4.92 Å². The molecule has 1 rings (SSSR count). The first-order valence-corrected chi connectivity index (χ1v) is 7.63. The van der Waals surface area contributed by atoms with Crippen LogP contribution < -0.4 is 5.32 Å². The van der Waals surface area contributed by atoms with Crippen LogP contribution in [0.1, 0.15) is 33.3 Å². The molecular weight excluding hydrogens is 260 g/mol. The van der Waals surface area contributed by atoms with Gasteiger partial charge in [-0.05, 0) is 24.5 Å². The highest BCUT2D eigenvalue weighted by atomic mass is 32.2. The van der Waals surface area contributed by atoms with Crippen LogP contribution in [0.2, 0.25) is 0 Å². The Balaban J connectivity index is 2.81. The second-order valence-electron chi connectivity index (χ2n) is 4.90. The van der Waals surface area contributed by atoms with Crippen molar-refractivity contribution in [1.82, 2.24) is 0 Å². The number of nitro benzene ring substituents is 1. The van der Waals surface area contributed by atoms with Gasteiger partial charge in [0, 0.05) is 23.6 Å². The monoisotopic (exact) mass is 282 g/mol. The van der Waals surface area contributed by atoms with Crippen molar-refractivity contribution < 1.29 is 4.92 Å². The zero-order valence-corrected chi connectivity index (χ0v) is 12.8. The molecular formula is C14H22N2O2S. The summed E-state index contributed by atoms with van der Waals surface area (Å²) < 4.78 is 0. The summed E-state index contributed by atoms with van der Waals surface area (Å²) in [6.45, 7) is 9.18. The fourth-order valence-electron chi connectivity index (χ4n) is 1.58. The zero-order valence-electron chi connectivity index (χ0n) is 12.0. The minimum Gasteiger partial charge on any atom is -0.380 e. The predicted molar refractivity (Wildman–Crippen MR) is 82.9 cm³/mol.